The summed E-state index contributed by atoms with van der Waals surface area (Å²) in [4.78, 5) is 18.4. The zero-order valence-corrected chi connectivity index (χ0v) is 18.7. The highest BCUT2D eigenvalue weighted by atomic mass is 16.5. The van der Waals surface area contributed by atoms with Crippen molar-refractivity contribution >= 4 is 11.7 Å². The Kier molecular flexibility index (Phi) is 7.11. The molecule has 0 aromatic heterocycles. The van der Waals surface area contributed by atoms with E-state index in [4.69, 9.17) is 9.73 Å². The molecule has 3 nitrogen and oxygen atoms in total. The number of carbonyl (C=O) groups excluding carboxylic acids is 1. The fourth-order valence-corrected chi connectivity index (χ4v) is 4.07. The minimum absolute atomic E-state index is 0.0953. The predicted octanol–water partition coefficient (Wildman–Crippen LogP) is 6.42. The molecule has 0 spiro atoms. The first-order chi connectivity index (χ1) is 16.2. The zero-order chi connectivity index (χ0) is 22.9. The molecule has 0 aliphatic rings. The number of rotatable bonds is 8. The molecule has 0 aliphatic heterocycles. The molecular weight excluding hydrogens is 406 g/mol. The van der Waals surface area contributed by atoms with Crippen molar-refractivity contribution in [3.8, 4) is 0 Å². The maximum atomic E-state index is 13.0. The second kappa shape index (κ2) is 10.6. The molecule has 33 heavy (non-hydrogen) atoms. The Morgan fingerprint density at radius 3 is 1.45 bits per heavy atom. The third-order valence-electron chi connectivity index (χ3n) is 5.61. The molecule has 0 aliphatic carbocycles. The molecule has 4 rings (SSSR count). The minimum atomic E-state index is -0.949. The van der Waals surface area contributed by atoms with Crippen LogP contribution in [0.15, 0.2) is 126 Å². The van der Waals surface area contributed by atoms with E-state index in [1.165, 1.54) is 0 Å². The van der Waals surface area contributed by atoms with Crippen molar-refractivity contribution < 1.29 is 9.53 Å². The van der Waals surface area contributed by atoms with Crippen molar-refractivity contribution in [2.75, 3.05) is 6.61 Å². The van der Waals surface area contributed by atoms with Crippen molar-refractivity contribution in [2.24, 2.45) is 4.99 Å². The van der Waals surface area contributed by atoms with Crippen LogP contribution in [0, 0.1) is 0 Å². The van der Waals surface area contributed by atoms with E-state index < -0.39 is 5.54 Å². The van der Waals surface area contributed by atoms with Crippen molar-refractivity contribution in [1.82, 2.24) is 0 Å². The number of nitrogens with zero attached hydrogens (tertiary/aromatic N) is 1. The van der Waals surface area contributed by atoms with Gasteiger partial charge >= 0.3 is 5.97 Å². The van der Waals surface area contributed by atoms with Gasteiger partial charge in [-0.2, -0.15) is 0 Å². The molecule has 0 bridgehead atoms. The van der Waals surface area contributed by atoms with Gasteiger partial charge in [0.1, 0.15) is 5.54 Å². The first-order valence-corrected chi connectivity index (χ1v) is 11.2. The van der Waals surface area contributed by atoms with E-state index in [1.807, 2.05) is 104 Å². The molecule has 0 radical (unpaired) electrons. The summed E-state index contributed by atoms with van der Waals surface area (Å²) in [6.07, 6.45) is 0.0953. The zero-order valence-electron chi connectivity index (χ0n) is 18.7. The number of carbonyl (C=O) groups is 1. The Morgan fingerprint density at radius 1 is 0.667 bits per heavy atom. The molecular formula is C30H27NO2. The Labute approximate surface area is 195 Å². The summed E-state index contributed by atoms with van der Waals surface area (Å²) in [6, 6.07) is 40.2. The van der Waals surface area contributed by atoms with Crippen molar-refractivity contribution in [3.05, 3.63) is 144 Å². The smallest absolute Gasteiger partial charge is 0.308 e. The van der Waals surface area contributed by atoms with Crippen LogP contribution in [-0.2, 0) is 15.1 Å². The van der Waals surface area contributed by atoms with Crippen LogP contribution in [-0.4, -0.2) is 18.3 Å². The van der Waals surface area contributed by atoms with Gasteiger partial charge in [-0.05, 0) is 18.1 Å². The van der Waals surface area contributed by atoms with Crippen LogP contribution in [0.2, 0.25) is 0 Å². The summed E-state index contributed by atoms with van der Waals surface area (Å²) in [7, 11) is 0. The summed E-state index contributed by atoms with van der Waals surface area (Å²) in [5.41, 5.74) is 3.73. The number of hydrogen-bond donors (Lipinski definition) is 0. The lowest BCUT2D eigenvalue weighted by atomic mass is 9.80. The van der Waals surface area contributed by atoms with Gasteiger partial charge in [-0.25, -0.2) is 0 Å². The van der Waals surface area contributed by atoms with E-state index in [1.54, 1.807) is 0 Å². The van der Waals surface area contributed by atoms with Gasteiger partial charge in [0.25, 0.3) is 0 Å². The van der Waals surface area contributed by atoms with Gasteiger partial charge in [0.15, 0.2) is 0 Å². The molecule has 0 fully saturated rings. The third-order valence-corrected chi connectivity index (χ3v) is 5.61. The number of ether oxygens (including phenoxy) is 1. The lowest BCUT2D eigenvalue weighted by Crippen LogP contribution is -2.31. The van der Waals surface area contributed by atoms with Gasteiger partial charge in [0, 0.05) is 11.1 Å². The quantitative estimate of drug-likeness (QED) is 0.237. The van der Waals surface area contributed by atoms with E-state index in [0.717, 1.165) is 28.0 Å². The monoisotopic (exact) mass is 433 g/mol. The minimum Gasteiger partial charge on any atom is -0.466 e. The van der Waals surface area contributed by atoms with Gasteiger partial charge in [0.05, 0.1) is 18.7 Å². The summed E-state index contributed by atoms with van der Waals surface area (Å²) in [6.45, 7) is 2.15. The van der Waals surface area contributed by atoms with Crippen molar-refractivity contribution in [3.63, 3.8) is 0 Å². The van der Waals surface area contributed by atoms with Crippen LogP contribution in [0.25, 0.3) is 0 Å². The largest absolute Gasteiger partial charge is 0.466 e. The molecule has 0 unspecified atom stereocenters. The standard InChI is InChI=1S/C30H27NO2/c1-2-33-28(32)23-30(26-19-11-5-12-20-26,27-21-13-6-14-22-27)31-29(24-15-7-3-8-16-24)25-17-9-4-10-18-25/h3-22H,2,23H2,1H3. The topological polar surface area (TPSA) is 38.7 Å². The van der Waals surface area contributed by atoms with Gasteiger partial charge in [-0.15, -0.1) is 0 Å². The highest BCUT2D eigenvalue weighted by molar-refractivity contribution is 6.13. The average molecular weight is 434 g/mol. The van der Waals surface area contributed by atoms with Crippen molar-refractivity contribution in [2.45, 2.75) is 18.9 Å². The van der Waals surface area contributed by atoms with Gasteiger partial charge in [-0.3, -0.25) is 9.79 Å². The molecule has 4 aromatic carbocycles. The third kappa shape index (κ3) is 5.09. The summed E-state index contributed by atoms with van der Waals surface area (Å²) < 4.78 is 5.43. The molecule has 3 heteroatoms. The van der Waals surface area contributed by atoms with Crippen LogP contribution >= 0.6 is 0 Å². The number of benzene rings is 4. The van der Waals surface area contributed by atoms with E-state index >= 15 is 0 Å². The predicted molar refractivity (Wildman–Crippen MR) is 133 cm³/mol. The maximum Gasteiger partial charge on any atom is 0.308 e. The lowest BCUT2D eigenvalue weighted by molar-refractivity contribution is -0.144. The van der Waals surface area contributed by atoms with Crippen LogP contribution in [0.1, 0.15) is 35.6 Å². The average Bonchev–Trinajstić information content (AvgIpc) is 2.89. The summed E-state index contributed by atoms with van der Waals surface area (Å²) in [5, 5.41) is 0. The van der Waals surface area contributed by atoms with Gasteiger partial charge < -0.3 is 4.74 Å². The molecule has 0 N–H and O–H groups in total. The van der Waals surface area contributed by atoms with Crippen molar-refractivity contribution in [1.29, 1.82) is 0 Å². The Morgan fingerprint density at radius 2 is 1.06 bits per heavy atom. The summed E-state index contributed by atoms with van der Waals surface area (Å²) >= 11 is 0. The highest BCUT2D eigenvalue weighted by Crippen LogP contribution is 2.39. The molecule has 0 amide bonds. The second-order valence-electron chi connectivity index (χ2n) is 7.77. The fourth-order valence-electron chi connectivity index (χ4n) is 4.07. The fraction of sp³-hybridized carbons (Fsp3) is 0.133. The second-order valence-corrected chi connectivity index (χ2v) is 7.77. The molecule has 0 atom stereocenters. The SMILES string of the molecule is CCOC(=O)CC(N=C(c1ccccc1)c1ccccc1)(c1ccccc1)c1ccccc1. The highest BCUT2D eigenvalue weighted by Gasteiger charge is 2.38. The van der Waals surface area contributed by atoms with E-state index in [0.29, 0.717) is 6.61 Å². The van der Waals surface area contributed by atoms with Crippen LogP contribution in [0.3, 0.4) is 0 Å². The Balaban J connectivity index is 2.03. The number of aliphatic imine (C=N–C) groups is 1. The van der Waals surface area contributed by atoms with Crippen LogP contribution in [0.5, 0.6) is 0 Å². The molecule has 0 heterocycles. The van der Waals surface area contributed by atoms with Crippen LogP contribution in [0.4, 0.5) is 0 Å². The Bertz CT molecular complexity index is 1110. The van der Waals surface area contributed by atoms with E-state index in [2.05, 4.69) is 24.3 Å². The maximum absolute atomic E-state index is 13.0. The first kappa shape index (κ1) is 22.2. The Hall–Kier alpha value is -3.98. The molecule has 0 saturated carbocycles. The summed E-state index contributed by atoms with van der Waals surface area (Å²) in [5.74, 6) is -0.283. The van der Waals surface area contributed by atoms with Crippen LogP contribution < -0.4 is 0 Å². The lowest BCUT2D eigenvalue weighted by Gasteiger charge is -2.32. The molecule has 164 valence electrons. The van der Waals surface area contributed by atoms with Gasteiger partial charge in [-0.1, -0.05) is 121 Å². The van der Waals surface area contributed by atoms with Gasteiger partial charge in [0.2, 0.25) is 0 Å². The molecule has 4 aromatic rings. The number of esters is 1. The number of hydrogen-bond acceptors (Lipinski definition) is 3. The molecule has 0 saturated heterocycles. The van der Waals surface area contributed by atoms with E-state index in [9.17, 15) is 4.79 Å². The normalized spacial score (nSPS) is 10.9. The van der Waals surface area contributed by atoms with E-state index in [-0.39, 0.29) is 12.4 Å². The first-order valence-electron chi connectivity index (χ1n) is 11.2.